The van der Waals surface area contributed by atoms with Crippen LogP contribution < -0.4 is 10.6 Å². The molecule has 1 saturated carbocycles. The molecular weight excluding hydrogens is 254 g/mol. The van der Waals surface area contributed by atoms with Gasteiger partial charge >= 0.3 is 0 Å². The maximum absolute atomic E-state index is 5.02. The number of nitrogens with one attached hydrogen (secondary N) is 2. The predicted octanol–water partition coefficient (Wildman–Crippen LogP) is 3.26. The van der Waals surface area contributed by atoms with E-state index >= 15 is 0 Å². The van der Waals surface area contributed by atoms with Crippen LogP contribution in [0.1, 0.15) is 37.9 Å². The quantitative estimate of drug-likeness (QED) is 0.890. The van der Waals surface area contributed by atoms with Crippen LogP contribution in [0.4, 0.5) is 17.5 Å². The summed E-state index contributed by atoms with van der Waals surface area (Å²) >= 11 is 0. The molecule has 0 aliphatic heterocycles. The second-order valence-corrected chi connectivity index (χ2v) is 5.22. The van der Waals surface area contributed by atoms with Crippen molar-refractivity contribution in [3.63, 3.8) is 0 Å². The molecule has 1 aliphatic rings. The Morgan fingerprint density at radius 3 is 2.60 bits per heavy atom. The highest BCUT2D eigenvalue weighted by Gasteiger charge is 2.13. The van der Waals surface area contributed by atoms with Gasteiger partial charge in [0, 0.05) is 18.2 Å². The van der Waals surface area contributed by atoms with Gasteiger partial charge in [-0.1, -0.05) is 24.4 Å². The van der Waals surface area contributed by atoms with E-state index in [1.54, 1.807) is 6.33 Å². The predicted molar refractivity (Wildman–Crippen MR) is 77.1 cm³/mol. The van der Waals surface area contributed by atoms with E-state index in [0.29, 0.717) is 17.7 Å². The summed E-state index contributed by atoms with van der Waals surface area (Å²) in [4.78, 5) is 8.47. The normalized spacial score (nSPS) is 16.1. The van der Waals surface area contributed by atoms with Gasteiger partial charge in [-0.05, 0) is 19.8 Å². The van der Waals surface area contributed by atoms with Gasteiger partial charge in [0.2, 0.25) is 0 Å². The summed E-state index contributed by atoms with van der Waals surface area (Å²) in [7, 11) is 0. The second kappa shape index (κ2) is 5.90. The molecule has 2 aromatic heterocycles. The van der Waals surface area contributed by atoms with Crippen LogP contribution in [0.5, 0.6) is 0 Å². The van der Waals surface area contributed by atoms with Crippen LogP contribution in [0, 0.1) is 6.92 Å². The molecule has 2 aromatic rings. The summed E-state index contributed by atoms with van der Waals surface area (Å²) in [5.41, 5.74) is 0. The molecule has 0 unspecified atom stereocenters. The fourth-order valence-electron chi connectivity index (χ4n) is 2.52. The summed E-state index contributed by atoms with van der Waals surface area (Å²) in [6, 6.07) is 4.26. The van der Waals surface area contributed by atoms with E-state index in [-0.39, 0.29) is 0 Å². The zero-order valence-corrected chi connectivity index (χ0v) is 11.6. The Labute approximate surface area is 118 Å². The van der Waals surface area contributed by atoms with Gasteiger partial charge in [0.15, 0.2) is 5.82 Å². The topological polar surface area (TPSA) is 75.9 Å². The first-order valence-corrected chi connectivity index (χ1v) is 7.08. The van der Waals surface area contributed by atoms with Crippen LogP contribution in [0.3, 0.4) is 0 Å². The van der Waals surface area contributed by atoms with Crippen LogP contribution >= 0.6 is 0 Å². The Morgan fingerprint density at radius 1 is 1.05 bits per heavy atom. The molecule has 0 spiro atoms. The van der Waals surface area contributed by atoms with Gasteiger partial charge in [-0.15, -0.1) is 0 Å². The largest absolute Gasteiger partial charge is 0.367 e. The molecule has 1 aliphatic carbocycles. The summed E-state index contributed by atoms with van der Waals surface area (Å²) in [6.07, 6.45) is 7.93. The van der Waals surface area contributed by atoms with Gasteiger partial charge < -0.3 is 15.2 Å². The lowest BCUT2D eigenvalue weighted by Gasteiger charge is -2.23. The Balaban J connectivity index is 1.65. The second-order valence-electron chi connectivity index (χ2n) is 5.22. The van der Waals surface area contributed by atoms with Gasteiger partial charge in [-0.25, -0.2) is 9.97 Å². The van der Waals surface area contributed by atoms with E-state index in [9.17, 15) is 0 Å². The van der Waals surface area contributed by atoms with Crippen molar-refractivity contribution in [2.75, 3.05) is 10.6 Å². The van der Waals surface area contributed by atoms with Gasteiger partial charge in [-0.3, -0.25) is 0 Å². The standard InChI is InChI=1S/C14H19N5O/c1-10-7-14(19-20-10)18-13-8-12(15-9-16-13)17-11-5-3-2-4-6-11/h7-9,11H,2-6H2,1H3,(H2,15,16,17,18,19). The molecule has 3 rings (SSSR count). The van der Waals surface area contributed by atoms with Crippen LogP contribution in [0.15, 0.2) is 23.0 Å². The molecule has 2 N–H and O–H groups in total. The molecule has 1 fully saturated rings. The van der Waals surface area contributed by atoms with Gasteiger partial charge in [0.05, 0.1) is 0 Å². The Bertz CT molecular complexity index is 562. The van der Waals surface area contributed by atoms with Crippen molar-refractivity contribution < 1.29 is 4.52 Å². The lowest BCUT2D eigenvalue weighted by atomic mass is 9.95. The summed E-state index contributed by atoms with van der Waals surface area (Å²) in [5, 5.41) is 10.5. The van der Waals surface area contributed by atoms with Crippen LogP contribution in [-0.4, -0.2) is 21.2 Å². The smallest absolute Gasteiger partial charge is 0.175 e. The fourth-order valence-corrected chi connectivity index (χ4v) is 2.52. The molecule has 6 nitrogen and oxygen atoms in total. The van der Waals surface area contributed by atoms with E-state index in [4.69, 9.17) is 4.52 Å². The molecule has 20 heavy (non-hydrogen) atoms. The summed E-state index contributed by atoms with van der Waals surface area (Å²) in [6.45, 7) is 1.86. The van der Waals surface area contributed by atoms with Crippen LogP contribution in [-0.2, 0) is 0 Å². The van der Waals surface area contributed by atoms with Gasteiger partial charge in [0.1, 0.15) is 23.7 Å². The van der Waals surface area contributed by atoms with Crippen LogP contribution in [0.25, 0.3) is 0 Å². The molecule has 0 amide bonds. The Hall–Kier alpha value is -2.11. The van der Waals surface area contributed by atoms with Crippen molar-refractivity contribution in [2.24, 2.45) is 0 Å². The first kappa shape index (κ1) is 12.9. The van der Waals surface area contributed by atoms with Gasteiger partial charge in [0.25, 0.3) is 0 Å². The highest BCUT2D eigenvalue weighted by molar-refractivity contribution is 5.55. The molecule has 0 bridgehead atoms. The fraction of sp³-hybridized carbons (Fsp3) is 0.500. The third-order valence-electron chi connectivity index (χ3n) is 3.51. The minimum Gasteiger partial charge on any atom is -0.367 e. The van der Waals surface area contributed by atoms with E-state index in [1.807, 2.05) is 19.1 Å². The lowest BCUT2D eigenvalue weighted by molar-refractivity contribution is 0.400. The molecule has 0 radical (unpaired) electrons. The maximum Gasteiger partial charge on any atom is 0.175 e. The number of aryl methyl sites for hydroxylation is 1. The molecule has 6 heteroatoms. The number of aromatic nitrogens is 3. The van der Waals surface area contributed by atoms with Crippen molar-refractivity contribution in [1.29, 1.82) is 0 Å². The monoisotopic (exact) mass is 273 g/mol. The lowest BCUT2D eigenvalue weighted by Crippen LogP contribution is -2.22. The van der Waals surface area contributed by atoms with E-state index in [0.717, 1.165) is 11.6 Å². The molecule has 2 heterocycles. The maximum atomic E-state index is 5.02. The SMILES string of the molecule is Cc1cc(Nc2cc(NC3CCCCC3)ncn2)no1. The third kappa shape index (κ3) is 3.26. The number of rotatable bonds is 4. The van der Waals surface area contributed by atoms with Crippen molar-refractivity contribution in [3.8, 4) is 0 Å². The van der Waals surface area contributed by atoms with E-state index in [2.05, 4.69) is 25.8 Å². The van der Waals surface area contributed by atoms with Crippen molar-refractivity contribution >= 4 is 17.5 Å². The molecule has 0 atom stereocenters. The van der Waals surface area contributed by atoms with Crippen molar-refractivity contribution in [3.05, 3.63) is 24.2 Å². The molecule has 106 valence electrons. The average molecular weight is 273 g/mol. The zero-order valence-electron chi connectivity index (χ0n) is 11.6. The average Bonchev–Trinajstić information content (AvgIpc) is 2.86. The summed E-state index contributed by atoms with van der Waals surface area (Å²) in [5.74, 6) is 2.99. The Kier molecular flexibility index (Phi) is 3.80. The number of anilines is 3. The minimum atomic E-state index is 0.529. The van der Waals surface area contributed by atoms with Crippen molar-refractivity contribution in [1.82, 2.24) is 15.1 Å². The van der Waals surface area contributed by atoms with Gasteiger partial charge in [-0.2, -0.15) is 0 Å². The number of hydrogen-bond acceptors (Lipinski definition) is 6. The number of nitrogens with zero attached hydrogens (tertiary/aromatic N) is 3. The Morgan fingerprint density at radius 2 is 1.85 bits per heavy atom. The van der Waals surface area contributed by atoms with E-state index in [1.165, 1.54) is 32.1 Å². The van der Waals surface area contributed by atoms with Crippen LogP contribution in [0.2, 0.25) is 0 Å². The highest BCUT2D eigenvalue weighted by atomic mass is 16.5. The zero-order chi connectivity index (χ0) is 13.8. The first-order valence-electron chi connectivity index (χ1n) is 7.08. The molecule has 0 aromatic carbocycles. The van der Waals surface area contributed by atoms with E-state index < -0.39 is 0 Å². The highest BCUT2D eigenvalue weighted by Crippen LogP contribution is 2.22. The third-order valence-corrected chi connectivity index (χ3v) is 3.51. The summed E-state index contributed by atoms with van der Waals surface area (Å²) < 4.78 is 5.02. The molecular formula is C14H19N5O. The minimum absolute atomic E-state index is 0.529. The van der Waals surface area contributed by atoms with Crippen molar-refractivity contribution in [2.45, 2.75) is 45.1 Å². The number of hydrogen-bond donors (Lipinski definition) is 2. The molecule has 0 saturated heterocycles. The first-order chi connectivity index (χ1) is 9.79.